The van der Waals surface area contributed by atoms with Gasteiger partial charge in [0, 0.05) is 18.5 Å². The second-order valence-electron chi connectivity index (χ2n) is 6.69. The first kappa shape index (κ1) is 19.1. The molecular weight excluding hydrogens is 296 g/mol. The molecule has 0 aliphatic heterocycles. The van der Waals surface area contributed by atoms with E-state index in [0.717, 1.165) is 17.1 Å². The lowest BCUT2D eigenvalue weighted by atomic mass is 10.1. The van der Waals surface area contributed by atoms with Crippen LogP contribution >= 0.6 is 0 Å². The highest BCUT2D eigenvalue weighted by atomic mass is 16.6. The lowest BCUT2D eigenvalue weighted by Crippen LogP contribution is -2.33. The number of ether oxygens (including phenoxy) is 1. The predicted molar refractivity (Wildman–Crippen MR) is 88.2 cm³/mol. The van der Waals surface area contributed by atoms with Crippen LogP contribution in [0.2, 0.25) is 0 Å². The Balaban J connectivity index is 2.27. The molecule has 0 saturated carbocycles. The smallest absolute Gasteiger partial charge is 0.407 e. The highest BCUT2D eigenvalue weighted by Gasteiger charge is 2.16. The van der Waals surface area contributed by atoms with Crippen LogP contribution in [0.4, 0.5) is 4.79 Å². The van der Waals surface area contributed by atoms with Gasteiger partial charge in [-0.2, -0.15) is 0 Å². The highest BCUT2D eigenvalue weighted by molar-refractivity contribution is 5.76. The number of carbonyl (C=O) groups is 2. The molecule has 0 bridgehead atoms. The van der Waals surface area contributed by atoms with Gasteiger partial charge in [-0.3, -0.25) is 4.79 Å². The summed E-state index contributed by atoms with van der Waals surface area (Å²) in [6.07, 6.45) is 0.438. The van der Waals surface area contributed by atoms with Crippen LogP contribution in [-0.2, 0) is 9.53 Å². The van der Waals surface area contributed by atoms with Crippen molar-refractivity contribution in [1.29, 1.82) is 0 Å². The summed E-state index contributed by atoms with van der Waals surface area (Å²) in [4.78, 5) is 23.4. The molecule has 1 heterocycles. The minimum Gasteiger partial charge on any atom is -0.466 e. The minimum atomic E-state index is -0.516. The van der Waals surface area contributed by atoms with E-state index in [-0.39, 0.29) is 11.9 Å². The van der Waals surface area contributed by atoms with Crippen molar-refractivity contribution in [3.8, 4) is 0 Å². The van der Waals surface area contributed by atoms with Gasteiger partial charge in [-0.1, -0.05) is 0 Å². The fraction of sp³-hybridized carbons (Fsp3) is 0.647. The van der Waals surface area contributed by atoms with Gasteiger partial charge in [0.25, 0.3) is 0 Å². The zero-order valence-corrected chi connectivity index (χ0v) is 14.9. The minimum absolute atomic E-state index is 0.0539. The van der Waals surface area contributed by atoms with E-state index in [2.05, 4.69) is 10.6 Å². The van der Waals surface area contributed by atoms with Crippen LogP contribution in [-0.4, -0.2) is 24.1 Å². The summed E-state index contributed by atoms with van der Waals surface area (Å²) < 4.78 is 10.6. The Bertz CT molecular complexity index is 543. The van der Waals surface area contributed by atoms with E-state index >= 15 is 0 Å². The highest BCUT2D eigenvalue weighted by Crippen LogP contribution is 2.21. The maximum atomic E-state index is 11.9. The van der Waals surface area contributed by atoms with Crippen LogP contribution in [0, 0.1) is 13.8 Å². The first-order valence-corrected chi connectivity index (χ1v) is 7.91. The van der Waals surface area contributed by atoms with Crippen LogP contribution < -0.4 is 10.6 Å². The second kappa shape index (κ2) is 8.04. The molecule has 23 heavy (non-hydrogen) atoms. The van der Waals surface area contributed by atoms with Crippen molar-refractivity contribution < 1.29 is 18.7 Å². The standard InChI is InChI=1S/C17H28N2O4/c1-11-10-14(13(3)22-11)12(2)19-15(20)8-7-9-18-16(21)23-17(4,5)6/h10,12H,7-9H2,1-6H3,(H,18,21)(H,19,20). The Hall–Kier alpha value is -1.98. The zero-order valence-electron chi connectivity index (χ0n) is 14.9. The molecule has 2 amide bonds. The number of hydrogen-bond acceptors (Lipinski definition) is 4. The maximum absolute atomic E-state index is 11.9. The largest absolute Gasteiger partial charge is 0.466 e. The molecule has 2 N–H and O–H groups in total. The number of alkyl carbamates (subject to hydrolysis) is 1. The van der Waals surface area contributed by atoms with Gasteiger partial charge in [0.2, 0.25) is 5.91 Å². The summed E-state index contributed by atoms with van der Waals surface area (Å²) in [5.74, 6) is 1.60. The summed E-state index contributed by atoms with van der Waals surface area (Å²) in [6.45, 7) is 11.5. The van der Waals surface area contributed by atoms with Crippen molar-refractivity contribution >= 4 is 12.0 Å². The Morgan fingerprint density at radius 3 is 2.48 bits per heavy atom. The van der Waals surface area contributed by atoms with Crippen molar-refractivity contribution in [2.45, 2.75) is 66.0 Å². The molecule has 0 aliphatic rings. The number of aryl methyl sites for hydroxylation is 2. The molecule has 1 aromatic rings. The average Bonchev–Trinajstić information content (AvgIpc) is 2.71. The third kappa shape index (κ3) is 7.21. The van der Waals surface area contributed by atoms with Crippen LogP contribution in [0.1, 0.15) is 63.7 Å². The average molecular weight is 324 g/mol. The SMILES string of the molecule is Cc1cc(C(C)NC(=O)CCCNC(=O)OC(C)(C)C)c(C)o1. The third-order valence-electron chi connectivity index (χ3n) is 3.17. The van der Waals surface area contributed by atoms with Crippen molar-refractivity contribution in [1.82, 2.24) is 10.6 Å². The van der Waals surface area contributed by atoms with Gasteiger partial charge in [0.05, 0.1) is 6.04 Å². The summed E-state index contributed by atoms with van der Waals surface area (Å²) in [7, 11) is 0. The first-order valence-electron chi connectivity index (χ1n) is 7.91. The van der Waals surface area contributed by atoms with Crippen LogP contribution in [0.25, 0.3) is 0 Å². The maximum Gasteiger partial charge on any atom is 0.407 e. The van der Waals surface area contributed by atoms with Crippen LogP contribution in [0.15, 0.2) is 10.5 Å². The Morgan fingerprint density at radius 1 is 1.30 bits per heavy atom. The van der Waals surface area contributed by atoms with Crippen LogP contribution in [0.5, 0.6) is 0 Å². The Morgan fingerprint density at radius 2 is 1.96 bits per heavy atom. The fourth-order valence-electron chi connectivity index (χ4n) is 2.23. The lowest BCUT2D eigenvalue weighted by molar-refractivity contribution is -0.121. The molecule has 130 valence electrons. The van der Waals surface area contributed by atoms with Gasteiger partial charge in [-0.15, -0.1) is 0 Å². The molecule has 0 aromatic carbocycles. The van der Waals surface area contributed by atoms with Crippen molar-refractivity contribution in [3.63, 3.8) is 0 Å². The fourth-order valence-corrected chi connectivity index (χ4v) is 2.23. The molecular formula is C17H28N2O4. The van der Waals surface area contributed by atoms with E-state index in [4.69, 9.17) is 9.15 Å². The first-order chi connectivity index (χ1) is 10.6. The van der Waals surface area contributed by atoms with E-state index < -0.39 is 11.7 Å². The molecule has 0 aliphatic carbocycles. The molecule has 1 unspecified atom stereocenters. The topological polar surface area (TPSA) is 80.6 Å². The predicted octanol–water partition coefficient (Wildman–Crippen LogP) is 3.38. The van der Waals surface area contributed by atoms with E-state index in [1.165, 1.54) is 0 Å². The van der Waals surface area contributed by atoms with E-state index in [9.17, 15) is 9.59 Å². The van der Waals surface area contributed by atoms with Crippen LogP contribution in [0.3, 0.4) is 0 Å². The van der Waals surface area contributed by atoms with Crippen molar-refractivity contribution in [3.05, 3.63) is 23.2 Å². The van der Waals surface area contributed by atoms with Gasteiger partial charge in [0.1, 0.15) is 17.1 Å². The van der Waals surface area contributed by atoms with E-state index in [1.54, 1.807) is 20.8 Å². The van der Waals surface area contributed by atoms with Gasteiger partial charge in [0.15, 0.2) is 0 Å². The van der Waals surface area contributed by atoms with E-state index in [0.29, 0.717) is 19.4 Å². The van der Waals surface area contributed by atoms with Crippen molar-refractivity contribution in [2.75, 3.05) is 6.54 Å². The number of rotatable bonds is 6. The second-order valence-corrected chi connectivity index (χ2v) is 6.69. The quantitative estimate of drug-likeness (QED) is 0.786. The summed E-state index contributed by atoms with van der Waals surface area (Å²) in [5, 5.41) is 5.57. The van der Waals surface area contributed by atoms with E-state index in [1.807, 2.05) is 26.8 Å². The normalized spacial score (nSPS) is 12.6. The summed E-state index contributed by atoms with van der Waals surface area (Å²) in [6, 6.07) is 1.84. The Labute approximate surface area is 138 Å². The molecule has 0 spiro atoms. The Kier molecular flexibility index (Phi) is 6.66. The number of nitrogens with one attached hydrogen (secondary N) is 2. The van der Waals surface area contributed by atoms with Gasteiger partial charge >= 0.3 is 6.09 Å². The number of furan rings is 1. The summed E-state index contributed by atoms with van der Waals surface area (Å²) in [5.41, 5.74) is 0.472. The summed E-state index contributed by atoms with van der Waals surface area (Å²) >= 11 is 0. The van der Waals surface area contributed by atoms with Gasteiger partial charge in [-0.25, -0.2) is 4.79 Å². The lowest BCUT2D eigenvalue weighted by Gasteiger charge is -2.19. The third-order valence-corrected chi connectivity index (χ3v) is 3.17. The van der Waals surface area contributed by atoms with Gasteiger partial charge in [-0.05, 0) is 54.0 Å². The number of hydrogen-bond donors (Lipinski definition) is 2. The zero-order chi connectivity index (χ0) is 17.6. The molecule has 1 rings (SSSR count). The molecule has 0 saturated heterocycles. The monoisotopic (exact) mass is 324 g/mol. The molecule has 0 radical (unpaired) electrons. The molecule has 6 nitrogen and oxygen atoms in total. The molecule has 6 heteroatoms. The number of amides is 2. The van der Waals surface area contributed by atoms with Gasteiger partial charge < -0.3 is 19.8 Å². The number of carbonyl (C=O) groups excluding carboxylic acids is 2. The van der Waals surface area contributed by atoms with Crippen molar-refractivity contribution in [2.24, 2.45) is 0 Å². The molecule has 1 aromatic heterocycles. The molecule has 1 atom stereocenters. The molecule has 0 fully saturated rings.